The summed E-state index contributed by atoms with van der Waals surface area (Å²) in [4.78, 5) is 0. The van der Waals surface area contributed by atoms with Gasteiger partial charge >= 0.3 is 0 Å². The van der Waals surface area contributed by atoms with E-state index < -0.39 is 0 Å². The number of unbranched alkanes of at least 4 members (excludes halogenated alkanes) is 1. The molecule has 0 fully saturated rings. The van der Waals surface area contributed by atoms with Gasteiger partial charge in [-0.25, -0.2) is 0 Å². The van der Waals surface area contributed by atoms with Crippen LogP contribution in [0.25, 0.3) is 0 Å². The second-order valence-corrected chi connectivity index (χ2v) is 1.71. The normalized spacial score (nSPS) is 3.47. The second kappa shape index (κ2) is 18800. The highest BCUT2D eigenvalue weighted by atomic mass is 13.6. The molecule has 0 rings (SSSR count). The lowest BCUT2D eigenvalue weighted by atomic mass is 10.4. The summed E-state index contributed by atoms with van der Waals surface area (Å²) in [7, 11) is 0. The van der Waals surface area contributed by atoms with Crippen LogP contribution in [0.15, 0.2) is 0 Å². The summed E-state index contributed by atoms with van der Waals surface area (Å²) in [5.41, 5.74) is 0. The number of hydrogen-bond donors (Lipinski definition) is 0. The van der Waals surface area contributed by atoms with Gasteiger partial charge in [0.25, 0.3) is 0 Å². The summed E-state index contributed by atoms with van der Waals surface area (Å²) >= 11 is 0. The van der Waals surface area contributed by atoms with E-state index in [0.29, 0.717) is 0 Å². The minimum atomic E-state index is 1.25. The van der Waals surface area contributed by atoms with Gasteiger partial charge in [-0.05, 0) is 0 Å². The molecule has 0 N–H and O–H groups in total. The zero-order chi connectivity index (χ0) is 56.1. The lowest BCUT2D eigenvalue weighted by Gasteiger charge is -1.68. The van der Waals surface area contributed by atoms with E-state index in [1.165, 1.54) is 19.3 Å². The first-order valence-electron chi connectivity index (χ1n) is 28.3. The monoisotopic (exact) mass is 853 g/mol. The fraction of sp³-hybridized carbons (Fsp3) is 1.00. The molecular weight excluding hydrogens is 685 g/mol. The van der Waals surface area contributed by atoms with Crippen molar-refractivity contribution >= 4 is 0 Å². The van der Waals surface area contributed by atoms with Crippen LogP contribution in [-0.4, -0.2) is 0 Å². The quantitative estimate of drug-likeness (QED) is 0.247. The minimum Gasteiger partial charge on any atom is -0.0683 e. The number of rotatable bonds is 1. The maximum Gasteiger partial charge on any atom is -0.0564 e. The Morgan fingerprint density at radius 2 is 0.123 bits per heavy atom. The third-order valence-corrected chi connectivity index (χ3v) is 0.500. The molecule has 0 amide bonds. The van der Waals surface area contributed by atoms with Crippen molar-refractivity contribution in [3.05, 3.63) is 0 Å². The van der Waals surface area contributed by atoms with E-state index in [9.17, 15) is 0 Å². The van der Waals surface area contributed by atoms with E-state index in [1.807, 2.05) is 346 Å². The highest BCUT2D eigenvalue weighted by Crippen LogP contribution is 1.76. The van der Waals surface area contributed by atoms with Crippen LogP contribution in [0.3, 0.4) is 0 Å². The summed E-state index contributed by atoms with van der Waals surface area (Å²) in [6.07, 6.45) is 3.89. The summed E-state index contributed by atoms with van der Waals surface area (Å²) < 4.78 is 0. The van der Waals surface area contributed by atoms with Crippen LogP contribution in [-0.2, 0) is 0 Å². The Hall–Kier alpha value is 0. The van der Waals surface area contributed by atoms with Gasteiger partial charge in [-0.2, -0.15) is 0 Å². The third-order valence-electron chi connectivity index (χ3n) is 0.500. The van der Waals surface area contributed by atoms with Gasteiger partial charge in [0, 0.05) is 0 Å². The third kappa shape index (κ3) is 163000. The van der Waals surface area contributed by atoms with E-state index in [0.717, 1.165) is 0 Å². The van der Waals surface area contributed by atoms with Crippen molar-refractivity contribution < 1.29 is 0 Å². The standard InChI is InChI=1S/C4H10.C3H8.25C2H6/c1-3-4-2;1-3-2;25*1-2/h3-4H2,1-2H3;3H2,1-2H3;25*1-2H3. The first-order valence-corrected chi connectivity index (χ1v) is 28.3. The fourth-order valence-electron chi connectivity index (χ4n) is 0. The van der Waals surface area contributed by atoms with Crippen molar-refractivity contribution in [2.24, 2.45) is 0 Å². The van der Waals surface area contributed by atoms with Gasteiger partial charge in [-0.15, -0.1) is 0 Å². The Morgan fingerprint density at radius 3 is 0.123 bits per heavy atom. The van der Waals surface area contributed by atoms with E-state index in [2.05, 4.69) is 27.7 Å². The molecule has 0 spiro atoms. The van der Waals surface area contributed by atoms with Crippen molar-refractivity contribution in [1.82, 2.24) is 0 Å². The molecule has 0 saturated carbocycles. The van der Waals surface area contributed by atoms with Gasteiger partial charge in [0.15, 0.2) is 0 Å². The van der Waals surface area contributed by atoms with Gasteiger partial charge in [-0.3, -0.25) is 0 Å². The Labute approximate surface area is 391 Å². The van der Waals surface area contributed by atoms with E-state index in [-0.39, 0.29) is 0 Å². The van der Waals surface area contributed by atoms with E-state index in [4.69, 9.17) is 0 Å². The Bertz CT molecular complexity index is 7.51. The molecule has 396 valence electrons. The first kappa shape index (κ1) is 199. The van der Waals surface area contributed by atoms with Crippen LogP contribution in [0, 0.1) is 0 Å². The van der Waals surface area contributed by atoms with Crippen molar-refractivity contribution in [1.29, 1.82) is 0 Å². The SMILES string of the molecule is CC.CC.CC.CC.CC.CC.CC.CC.CC.CC.CC.CC.CC.CC.CC.CC.CC.CC.CC.CC.CC.CC.CC.CC.CC.CCC.CCCC. The highest BCUT2D eigenvalue weighted by Gasteiger charge is 1.56. The predicted octanol–water partition coefficient (Wildman–Crippen LogP) is 28.9. The average Bonchev–Trinajstić information content (AvgIpc) is 3.44. The fourth-order valence-corrected chi connectivity index (χ4v) is 0. The molecule has 0 aromatic carbocycles. The molecule has 0 saturated heterocycles. The molecule has 0 nitrogen and oxygen atoms in total. The summed E-state index contributed by atoms with van der Waals surface area (Å²) in [6, 6.07) is 0. The Kier molecular flexibility index (Phi) is 65600. The van der Waals surface area contributed by atoms with E-state index in [1.54, 1.807) is 0 Å². The first-order chi connectivity index (χ1) is 28.3. The Morgan fingerprint density at radius 1 is 0.105 bits per heavy atom. The second-order valence-electron chi connectivity index (χ2n) is 1.71. The van der Waals surface area contributed by atoms with E-state index >= 15 is 0 Å². The van der Waals surface area contributed by atoms with Crippen LogP contribution < -0.4 is 0 Å². The highest BCUT2D eigenvalue weighted by molar-refractivity contribution is 4.12. The van der Waals surface area contributed by atoms with Gasteiger partial charge in [0.1, 0.15) is 0 Å². The molecule has 0 radical (unpaired) electrons. The lowest BCUT2D eigenvalue weighted by molar-refractivity contribution is 0.886. The molecule has 0 bridgehead atoms. The van der Waals surface area contributed by atoms with Crippen molar-refractivity contribution in [2.75, 3.05) is 0 Å². The average molecular weight is 854 g/mol. The van der Waals surface area contributed by atoms with Crippen LogP contribution in [0.1, 0.15) is 393 Å². The molecule has 0 aliphatic heterocycles. The van der Waals surface area contributed by atoms with Crippen LogP contribution in [0.2, 0.25) is 0 Å². The van der Waals surface area contributed by atoms with Gasteiger partial charge in [0.2, 0.25) is 0 Å². The minimum absolute atomic E-state index is 1.25. The maximum absolute atomic E-state index is 2.18. The largest absolute Gasteiger partial charge is 0.0683 e. The zero-order valence-corrected chi connectivity index (χ0v) is 56.1. The smallest absolute Gasteiger partial charge is 0.0564 e. The van der Waals surface area contributed by atoms with Crippen LogP contribution >= 0.6 is 0 Å². The van der Waals surface area contributed by atoms with Crippen molar-refractivity contribution in [3.63, 3.8) is 0 Å². The van der Waals surface area contributed by atoms with Crippen molar-refractivity contribution in [2.45, 2.75) is 393 Å². The number of hydrogen-bond acceptors (Lipinski definition) is 0. The molecule has 0 atom stereocenters. The molecule has 0 heterocycles. The Balaban J connectivity index is -0.00000000658. The molecule has 0 aliphatic rings. The molecule has 0 heteroatoms. The molecule has 0 unspecified atom stereocenters. The molecule has 0 aromatic heterocycles. The summed E-state index contributed by atoms with van der Waals surface area (Å²) in [5, 5.41) is 0. The molecule has 0 aromatic rings. The van der Waals surface area contributed by atoms with Crippen molar-refractivity contribution in [3.8, 4) is 0 Å². The lowest BCUT2D eigenvalue weighted by Crippen LogP contribution is -1.47. The van der Waals surface area contributed by atoms with Crippen LogP contribution in [0.4, 0.5) is 0 Å². The molecule has 0 aliphatic carbocycles. The van der Waals surface area contributed by atoms with Gasteiger partial charge in [-0.1, -0.05) is 393 Å². The van der Waals surface area contributed by atoms with Gasteiger partial charge in [0.05, 0.1) is 0 Å². The predicted molar refractivity (Wildman–Crippen MR) is 320 cm³/mol. The summed E-state index contributed by atoms with van der Waals surface area (Å²) in [6.45, 7) is 109. The zero-order valence-electron chi connectivity index (χ0n) is 56.1. The summed E-state index contributed by atoms with van der Waals surface area (Å²) in [5.74, 6) is 0. The molecule has 57 heavy (non-hydrogen) atoms. The van der Waals surface area contributed by atoms with Crippen LogP contribution in [0.5, 0.6) is 0 Å². The molecular formula is C57H168. The topological polar surface area (TPSA) is 0 Å². The maximum atomic E-state index is 2.18. The van der Waals surface area contributed by atoms with Gasteiger partial charge < -0.3 is 0 Å².